The van der Waals surface area contributed by atoms with Crippen molar-refractivity contribution < 1.29 is 15.5 Å². The molecular weight excluding hydrogens is 88.0 g/mol. The topological polar surface area (TPSA) is 75.5 Å². The first-order valence-electron chi connectivity index (χ1n) is 1.31. The van der Waals surface area contributed by atoms with Crippen molar-refractivity contribution in [3.8, 4) is 0 Å². The third-order valence-electron chi connectivity index (χ3n) is 0.291. The molecule has 0 aliphatic heterocycles. The molecular formula is CH6N2O3. The maximum absolute atomic E-state index is 9.41. The van der Waals surface area contributed by atoms with Crippen LogP contribution in [0.25, 0.3) is 0 Å². The Morgan fingerprint density at radius 3 is 1.83 bits per heavy atom. The minimum atomic E-state index is -2.43. The summed E-state index contributed by atoms with van der Waals surface area (Å²) < 4.78 is 0. The normalized spacial score (nSPS) is 12.0. The second-order valence-electron chi connectivity index (χ2n) is 0.768. The fourth-order valence-electron chi connectivity index (χ4n) is 0. The van der Waals surface area contributed by atoms with Gasteiger partial charge in [-0.2, -0.15) is 10.4 Å². The minimum absolute atomic E-state index is 1.12. The summed E-state index contributed by atoms with van der Waals surface area (Å²) >= 11 is 0. The van der Waals surface area contributed by atoms with E-state index in [-0.39, 0.29) is 0 Å². The van der Waals surface area contributed by atoms with Gasteiger partial charge in [0, 0.05) is 12.1 Å². The molecule has 0 unspecified atom stereocenters. The molecule has 0 aliphatic rings. The molecule has 0 radical (unpaired) electrons. The molecule has 5 nitrogen and oxygen atoms in total. The summed E-state index contributed by atoms with van der Waals surface area (Å²) in [5.41, 5.74) is 1.60. The predicted octanol–water partition coefficient (Wildman–Crippen LogP) is -0.786. The van der Waals surface area contributed by atoms with E-state index in [4.69, 9.17) is 10.4 Å². The highest BCUT2D eigenvalue weighted by Gasteiger charge is 1.98. The lowest BCUT2D eigenvalue weighted by Crippen LogP contribution is -2.44. The molecule has 38 valence electrons. The van der Waals surface area contributed by atoms with Crippen LogP contribution in [-0.4, -0.2) is 22.5 Å². The molecule has 0 rings (SSSR count). The molecule has 0 saturated heterocycles. The molecule has 0 amide bonds. The first-order valence-corrected chi connectivity index (χ1v) is 1.31. The lowest BCUT2D eigenvalue weighted by atomic mass is 11.5. The van der Waals surface area contributed by atoms with Crippen molar-refractivity contribution in [2.45, 2.75) is 0 Å². The van der Waals surface area contributed by atoms with Gasteiger partial charge in [-0.25, -0.2) is 0 Å². The minimum Gasteiger partial charge on any atom is -0.543 e. The number of nitrogens with zero attached hydrogens (tertiary/aromatic N) is 1. The van der Waals surface area contributed by atoms with Gasteiger partial charge in [0.2, 0.25) is 0 Å². The Bertz CT molecular complexity index is 38.5. The molecule has 0 fully saturated rings. The van der Waals surface area contributed by atoms with Crippen molar-refractivity contribution in [3.05, 3.63) is 5.21 Å². The maximum atomic E-state index is 9.41. The molecule has 0 aromatic carbocycles. The Morgan fingerprint density at radius 1 is 1.67 bits per heavy atom. The van der Waals surface area contributed by atoms with Gasteiger partial charge in [0.1, 0.15) is 0 Å². The lowest BCUT2D eigenvalue weighted by molar-refractivity contribution is -1.24. The van der Waals surface area contributed by atoms with Crippen LogP contribution in [0, 0.1) is 5.21 Å². The van der Waals surface area contributed by atoms with Crippen LogP contribution >= 0.6 is 0 Å². The van der Waals surface area contributed by atoms with Gasteiger partial charge in [0.05, 0.1) is 0 Å². The smallest absolute Gasteiger partial charge is 0.0405 e. The summed E-state index contributed by atoms with van der Waals surface area (Å²) in [6.45, 7) is 0. The molecule has 6 heavy (non-hydrogen) atoms. The van der Waals surface area contributed by atoms with Gasteiger partial charge in [0.15, 0.2) is 0 Å². The van der Waals surface area contributed by atoms with Gasteiger partial charge >= 0.3 is 0 Å². The standard InChI is InChI=1S/CH6N2O3/c1-2-3(4,5)6/h2,4-5H,1H3. The summed E-state index contributed by atoms with van der Waals surface area (Å²) in [5.74, 6) is 0. The summed E-state index contributed by atoms with van der Waals surface area (Å²) in [6.07, 6.45) is 0. The van der Waals surface area contributed by atoms with Crippen LogP contribution in [0.2, 0.25) is 0 Å². The van der Waals surface area contributed by atoms with E-state index >= 15 is 0 Å². The van der Waals surface area contributed by atoms with Crippen molar-refractivity contribution in [1.82, 2.24) is 5.43 Å². The number of hydrogen-bond donors (Lipinski definition) is 3. The van der Waals surface area contributed by atoms with Gasteiger partial charge in [-0.1, -0.05) is 0 Å². The fourth-order valence-corrected chi connectivity index (χ4v) is 0. The molecule has 0 atom stereocenters. The quantitative estimate of drug-likeness (QED) is 0.294. The van der Waals surface area contributed by atoms with Gasteiger partial charge in [0.25, 0.3) is 0 Å². The van der Waals surface area contributed by atoms with Crippen LogP contribution in [0.15, 0.2) is 0 Å². The number of nitrogens with one attached hydrogen (secondary N) is 1. The summed E-state index contributed by atoms with van der Waals surface area (Å²) in [5, 5.41) is 22.3. The van der Waals surface area contributed by atoms with E-state index in [0.29, 0.717) is 0 Å². The van der Waals surface area contributed by atoms with Gasteiger partial charge in [-0.3, -0.25) is 0 Å². The van der Waals surface area contributed by atoms with Gasteiger partial charge < -0.3 is 5.21 Å². The van der Waals surface area contributed by atoms with E-state index < -0.39 is 5.08 Å². The van der Waals surface area contributed by atoms with E-state index in [1.165, 1.54) is 0 Å². The van der Waals surface area contributed by atoms with Crippen molar-refractivity contribution in [1.29, 1.82) is 0 Å². The van der Waals surface area contributed by atoms with Crippen molar-refractivity contribution in [2.75, 3.05) is 7.05 Å². The second-order valence-corrected chi connectivity index (χ2v) is 0.768. The number of hydrogen-bond acceptors (Lipinski definition) is 4. The van der Waals surface area contributed by atoms with Gasteiger partial charge in [-0.05, 0) is 0 Å². The average Bonchev–Trinajstić information content (AvgIpc) is 1.35. The zero-order chi connectivity index (χ0) is 5.21. The molecule has 3 N–H and O–H groups in total. The molecule has 0 aromatic rings. The van der Waals surface area contributed by atoms with Crippen LogP contribution in [0.1, 0.15) is 0 Å². The van der Waals surface area contributed by atoms with E-state index in [9.17, 15) is 5.21 Å². The van der Waals surface area contributed by atoms with E-state index in [2.05, 4.69) is 0 Å². The molecule has 0 spiro atoms. The Labute approximate surface area is 34.5 Å². The average molecular weight is 94.1 g/mol. The SMILES string of the molecule is CN[N+]([O-])(O)O. The summed E-state index contributed by atoms with van der Waals surface area (Å²) in [7, 11) is 1.12. The zero-order valence-electron chi connectivity index (χ0n) is 3.25. The Kier molecular flexibility index (Phi) is 1.45. The van der Waals surface area contributed by atoms with Gasteiger partial charge in [-0.15, -0.1) is 5.43 Å². The first-order chi connectivity index (χ1) is 2.56. The van der Waals surface area contributed by atoms with E-state index in [1.54, 1.807) is 5.43 Å². The number of quaternary nitrogens is 1. The molecule has 0 aromatic heterocycles. The van der Waals surface area contributed by atoms with Crippen LogP contribution in [0.5, 0.6) is 0 Å². The van der Waals surface area contributed by atoms with Crippen molar-refractivity contribution in [3.63, 3.8) is 0 Å². The third-order valence-corrected chi connectivity index (χ3v) is 0.291. The van der Waals surface area contributed by atoms with Crippen LogP contribution in [-0.2, 0) is 0 Å². The molecule has 0 saturated carbocycles. The summed E-state index contributed by atoms with van der Waals surface area (Å²) in [4.78, 5) is 0. The van der Waals surface area contributed by atoms with Crippen LogP contribution in [0.3, 0.4) is 0 Å². The number of rotatable bonds is 1. The Balaban J connectivity index is 3.17. The largest absolute Gasteiger partial charge is 0.543 e. The highest BCUT2D eigenvalue weighted by molar-refractivity contribution is 3.91. The third kappa shape index (κ3) is 3.80. The monoisotopic (exact) mass is 94.0 g/mol. The molecule has 0 heterocycles. The van der Waals surface area contributed by atoms with Crippen LogP contribution in [0.4, 0.5) is 0 Å². The molecule has 5 heteroatoms. The fraction of sp³-hybridized carbons (Fsp3) is 1.00. The lowest BCUT2D eigenvalue weighted by Gasteiger charge is -2.19. The first kappa shape index (κ1) is 5.80. The predicted molar refractivity (Wildman–Crippen MR) is 16.3 cm³/mol. The maximum Gasteiger partial charge on any atom is 0.0405 e. The Morgan fingerprint density at radius 2 is 1.83 bits per heavy atom. The van der Waals surface area contributed by atoms with Crippen LogP contribution < -0.4 is 5.43 Å². The molecule has 0 aliphatic carbocycles. The highest BCUT2D eigenvalue weighted by atomic mass is 17.1. The van der Waals surface area contributed by atoms with Crippen molar-refractivity contribution >= 4 is 0 Å². The highest BCUT2D eigenvalue weighted by Crippen LogP contribution is 1.75. The molecule has 0 bridgehead atoms. The second kappa shape index (κ2) is 1.50. The Hall–Kier alpha value is -0.200. The zero-order valence-corrected chi connectivity index (χ0v) is 3.25. The van der Waals surface area contributed by atoms with Crippen molar-refractivity contribution in [2.24, 2.45) is 0 Å². The van der Waals surface area contributed by atoms with E-state index in [1.807, 2.05) is 0 Å². The van der Waals surface area contributed by atoms with E-state index in [0.717, 1.165) is 7.05 Å². The summed E-state index contributed by atoms with van der Waals surface area (Å²) in [6, 6.07) is 0.